The van der Waals surface area contributed by atoms with Gasteiger partial charge in [0.15, 0.2) is 0 Å². The maximum absolute atomic E-state index is 12.2. The van der Waals surface area contributed by atoms with Crippen molar-refractivity contribution in [2.45, 2.75) is 18.4 Å². The number of aryl methyl sites for hydroxylation is 1. The van der Waals surface area contributed by atoms with Crippen LogP contribution in [0.1, 0.15) is 11.3 Å². The lowest BCUT2D eigenvalue weighted by Gasteiger charge is -2.06. The summed E-state index contributed by atoms with van der Waals surface area (Å²) >= 11 is 0. The molecular weight excluding hydrogens is 262 g/mol. The molecule has 1 heterocycles. The Morgan fingerprint density at radius 2 is 1.89 bits per heavy atom. The number of hydrogen-bond donors (Lipinski definition) is 3. The Morgan fingerprint density at radius 3 is 2.53 bits per heavy atom. The Hall–Kier alpha value is -1.79. The molecule has 2 rings (SSSR count). The molecule has 1 aromatic heterocycles. The Bertz CT molecular complexity index is 645. The van der Waals surface area contributed by atoms with Gasteiger partial charge in [0.25, 0.3) is 10.0 Å². The van der Waals surface area contributed by atoms with Gasteiger partial charge in [0.2, 0.25) is 0 Å². The van der Waals surface area contributed by atoms with E-state index in [1.807, 2.05) is 19.1 Å². The maximum atomic E-state index is 12.2. The maximum Gasteiger partial charge on any atom is 0.263 e. The van der Waals surface area contributed by atoms with Gasteiger partial charge in [0.05, 0.1) is 0 Å². The van der Waals surface area contributed by atoms with E-state index in [9.17, 15) is 8.42 Å². The minimum Gasteiger partial charge on any atom is -0.363 e. The zero-order chi connectivity index (χ0) is 13.9. The van der Waals surface area contributed by atoms with E-state index in [4.69, 9.17) is 0 Å². The SMILES string of the molecule is CNCc1cc(S(=O)(=O)Nc2ccc(C)cc2)c[nH]1. The van der Waals surface area contributed by atoms with E-state index in [2.05, 4.69) is 15.0 Å². The van der Waals surface area contributed by atoms with Gasteiger partial charge in [0, 0.05) is 24.1 Å². The molecular formula is C13H17N3O2S. The van der Waals surface area contributed by atoms with E-state index in [1.54, 1.807) is 25.2 Å². The number of sulfonamides is 1. The molecule has 1 aromatic carbocycles. The van der Waals surface area contributed by atoms with Crippen LogP contribution in [0.15, 0.2) is 41.4 Å². The van der Waals surface area contributed by atoms with Crippen LogP contribution in [0.25, 0.3) is 0 Å². The van der Waals surface area contributed by atoms with Gasteiger partial charge < -0.3 is 10.3 Å². The Balaban J connectivity index is 2.19. The summed E-state index contributed by atoms with van der Waals surface area (Å²) in [6.07, 6.45) is 1.49. The molecule has 102 valence electrons. The minimum atomic E-state index is -3.53. The first kappa shape index (κ1) is 13.6. The summed E-state index contributed by atoms with van der Waals surface area (Å²) in [6, 6.07) is 8.83. The van der Waals surface area contributed by atoms with E-state index in [0.717, 1.165) is 11.3 Å². The van der Waals surface area contributed by atoms with E-state index in [0.29, 0.717) is 12.2 Å². The van der Waals surface area contributed by atoms with Crippen LogP contribution in [0, 0.1) is 6.92 Å². The third-order valence-electron chi connectivity index (χ3n) is 2.70. The smallest absolute Gasteiger partial charge is 0.263 e. The van der Waals surface area contributed by atoms with Crippen molar-refractivity contribution in [3.8, 4) is 0 Å². The molecule has 0 atom stereocenters. The summed E-state index contributed by atoms with van der Waals surface area (Å²) in [5, 5.41) is 2.96. The Morgan fingerprint density at radius 1 is 1.21 bits per heavy atom. The molecule has 0 radical (unpaired) electrons. The first-order valence-electron chi connectivity index (χ1n) is 5.92. The molecule has 6 heteroatoms. The summed E-state index contributed by atoms with van der Waals surface area (Å²) in [4.78, 5) is 3.16. The highest BCUT2D eigenvalue weighted by atomic mass is 32.2. The van der Waals surface area contributed by atoms with Crippen LogP contribution in [-0.4, -0.2) is 20.4 Å². The fourth-order valence-corrected chi connectivity index (χ4v) is 2.78. The van der Waals surface area contributed by atoms with E-state index in [-0.39, 0.29) is 4.90 Å². The third kappa shape index (κ3) is 3.36. The first-order valence-corrected chi connectivity index (χ1v) is 7.41. The molecule has 0 saturated carbocycles. The fourth-order valence-electron chi connectivity index (χ4n) is 1.70. The fraction of sp³-hybridized carbons (Fsp3) is 0.231. The number of benzene rings is 1. The van der Waals surface area contributed by atoms with E-state index in [1.165, 1.54) is 6.20 Å². The van der Waals surface area contributed by atoms with E-state index < -0.39 is 10.0 Å². The molecule has 0 saturated heterocycles. The highest BCUT2D eigenvalue weighted by Gasteiger charge is 2.15. The lowest BCUT2D eigenvalue weighted by molar-refractivity contribution is 0.601. The molecule has 0 aliphatic rings. The zero-order valence-electron chi connectivity index (χ0n) is 10.9. The monoisotopic (exact) mass is 279 g/mol. The Kier molecular flexibility index (Phi) is 3.92. The standard InChI is InChI=1S/C13H17N3O2S/c1-10-3-5-11(6-4-10)16-19(17,18)13-7-12(8-14-2)15-9-13/h3-7,9,14-16H,8H2,1-2H3. The quantitative estimate of drug-likeness (QED) is 0.782. The van der Waals surface area contributed by atoms with Crippen LogP contribution < -0.4 is 10.0 Å². The van der Waals surface area contributed by atoms with Crippen molar-refractivity contribution in [3.63, 3.8) is 0 Å². The second kappa shape index (κ2) is 5.46. The van der Waals surface area contributed by atoms with Crippen molar-refractivity contribution < 1.29 is 8.42 Å². The van der Waals surface area contributed by atoms with E-state index >= 15 is 0 Å². The van der Waals surface area contributed by atoms with Crippen molar-refractivity contribution in [2.75, 3.05) is 11.8 Å². The summed E-state index contributed by atoms with van der Waals surface area (Å²) in [7, 11) is -1.73. The summed E-state index contributed by atoms with van der Waals surface area (Å²) in [5.74, 6) is 0. The predicted molar refractivity (Wildman–Crippen MR) is 75.5 cm³/mol. The molecule has 0 unspecified atom stereocenters. The minimum absolute atomic E-state index is 0.235. The van der Waals surface area contributed by atoms with Crippen LogP contribution in [0.5, 0.6) is 0 Å². The normalized spacial score (nSPS) is 11.5. The number of H-pyrrole nitrogens is 1. The molecule has 0 aliphatic carbocycles. The molecule has 0 bridgehead atoms. The Labute approximate surface area is 113 Å². The van der Waals surface area contributed by atoms with Crippen LogP contribution >= 0.6 is 0 Å². The topological polar surface area (TPSA) is 74.0 Å². The number of aromatic amines is 1. The molecule has 0 spiro atoms. The van der Waals surface area contributed by atoms with Crippen LogP contribution in [-0.2, 0) is 16.6 Å². The molecule has 3 N–H and O–H groups in total. The second-order valence-electron chi connectivity index (χ2n) is 4.36. The third-order valence-corrected chi connectivity index (χ3v) is 4.06. The van der Waals surface area contributed by atoms with Crippen LogP contribution in [0.2, 0.25) is 0 Å². The number of anilines is 1. The van der Waals surface area contributed by atoms with Gasteiger partial charge >= 0.3 is 0 Å². The van der Waals surface area contributed by atoms with Gasteiger partial charge in [-0.25, -0.2) is 8.42 Å². The van der Waals surface area contributed by atoms with Gasteiger partial charge in [-0.15, -0.1) is 0 Å². The summed E-state index contributed by atoms with van der Waals surface area (Å²) in [6.45, 7) is 2.55. The largest absolute Gasteiger partial charge is 0.363 e. The highest BCUT2D eigenvalue weighted by Crippen LogP contribution is 2.17. The van der Waals surface area contributed by atoms with Crippen molar-refractivity contribution in [1.82, 2.24) is 10.3 Å². The molecule has 0 fully saturated rings. The summed E-state index contributed by atoms with van der Waals surface area (Å²) < 4.78 is 26.9. The number of nitrogens with one attached hydrogen (secondary N) is 3. The molecule has 5 nitrogen and oxygen atoms in total. The molecule has 19 heavy (non-hydrogen) atoms. The number of rotatable bonds is 5. The summed E-state index contributed by atoms with van der Waals surface area (Å²) in [5.41, 5.74) is 2.47. The molecule has 0 amide bonds. The number of hydrogen-bond acceptors (Lipinski definition) is 3. The van der Waals surface area contributed by atoms with Gasteiger partial charge in [-0.05, 0) is 32.2 Å². The van der Waals surface area contributed by atoms with Crippen molar-refractivity contribution in [1.29, 1.82) is 0 Å². The van der Waals surface area contributed by atoms with Gasteiger partial charge in [-0.2, -0.15) is 0 Å². The van der Waals surface area contributed by atoms with Crippen LogP contribution in [0.3, 0.4) is 0 Å². The second-order valence-corrected chi connectivity index (χ2v) is 6.04. The first-order chi connectivity index (χ1) is 9.01. The van der Waals surface area contributed by atoms with Gasteiger partial charge in [-0.1, -0.05) is 17.7 Å². The van der Waals surface area contributed by atoms with Gasteiger partial charge in [-0.3, -0.25) is 4.72 Å². The van der Waals surface area contributed by atoms with Crippen molar-refractivity contribution in [2.24, 2.45) is 0 Å². The van der Waals surface area contributed by atoms with Gasteiger partial charge in [0.1, 0.15) is 4.90 Å². The van der Waals surface area contributed by atoms with Crippen molar-refractivity contribution >= 4 is 15.7 Å². The molecule has 2 aromatic rings. The van der Waals surface area contributed by atoms with Crippen molar-refractivity contribution in [3.05, 3.63) is 47.8 Å². The lowest BCUT2D eigenvalue weighted by Crippen LogP contribution is -2.12. The average molecular weight is 279 g/mol. The van der Waals surface area contributed by atoms with Crippen LogP contribution in [0.4, 0.5) is 5.69 Å². The lowest BCUT2D eigenvalue weighted by atomic mass is 10.2. The zero-order valence-corrected chi connectivity index (χ0v) is 11.7. The average Bonchev–Trinajstić information content (AvgIpc) is 2.82. The highest BCUT2D eigenvalue weighted by molar-refractivity contribution is 7.92. The predicted octanol–water partition coefficient (Wildman–Crippen LogP) is 1.84. The number of aromatic nitrogens is 1. The molecule has 0 aliphatic heterocycles.